The summed E-state index contributed by atoms with van der Waals surface area (Å²) in [5.41, 5.74) is -0.0149. The van der Waals surface area contributed by atoms with Crippen LogP contribution in [0.25, 0.3) is 0 Å². The second-order valence-electron chi connectivity index (χ2n) is 4.57. The average Bonchev–Trinajstić information content (AvgIpc) is 2.26. The van der Waals surface area contributed by atoms with Crippen LogP contribution in [0.5, 0.6) is 11.5 Å². The first kappa shape index (κ1) is 13.4. The van der Waals surface area contributed by atoms with Crippen molar-refractivity contribution in [2.45, 2.75) is 26.4 Å². The predicted octanol–water partition coefficient (Wildman–Crippen LogP) is 2.66. The Labute approximate surface area is 101 Å². The van der Waals surface area contributed by atoms with E-state index in [4.69, 9.17) is 14.2 Å². The van der Waals surface area contributed by atoms with Crippen LogP contribution in [0, 0.1) is 0 Å². The lowest BCUT2D eigenvalue weighted by Crippen LogP contribution is -2.24. The molecule has 0 aromatic heterocycles. The van der Waals surface area contributed by atoms with Crippen molar-refractivity contribution in [3.8, 4) is 11.5 Å². The molecule has 0 saturated carbocycles. The SMILES string of the molecule is COC(=O)c1cc(OC)ccc1OC(C)(C)C. The van der Waals surface area contributed by atoms with Crippen LogP contribution in [0.4, 0.5) is 0 Å². The van der Waals surface area contributed by atoms with Gasteiger partial charge in [0.2, 0.25) is 0 Å². The maximum atomic E-state index is 11.6. The first-order chi connectivity index (χ1) is 7.87. The molecule has 17 heavy (non-hydrogen) atoms. The smallest absolute Gasteiger partial charge is 0.341 e. The summed E-state index contributed by atoms with van der Waals surface area (Å²) in [6, 6.07) is 5.05. The minimum Gasteiger partial charge on any atom is -0.497 e. The molecule has 94 valence electrons. The van der Waals surface area contributed by atoms with Crippen molar-refractivity contribution in [2.24, 2.45) is 0 Å². The van der Waals surface area contributed by atoms with E-state index in [0.717, 1.165) is 0 Å². The van der Waals surface area contributed by atoms with E-state index < -0.39 is 5.97 Å². The molecule has 0 unspecified atom stereocenters. The number of hydrogen-bond acceptors (Lipinski definition) is 4. The Morgan fingerprint density at radius 3 is 2.29 bits per heavy atom. The second kappa shape index (κ2) is 5.08. The van der Waals surface area contributed by atoms with Crippen molar-refractivity contribution in [1.82, 2.24) is 0 Å². The van der Waals surface area contributed by atoms with Crippen molar-refractivity contribution in [1.29, 1.82) is 0 Å². The van der Waals surface area contributed by atoms with Gasteiger partial charge >= 0.3 is 5.97 Å². The van der Waals surface area contributed by atoms with Gasteiger partial charge in [-0.2, -0.15) is 0 Å². The third kappa shape index (κ3) is 3.66. The number of carbonyl (C=O) groups excluding carboxylic acids is 1. The van der Waals surface area contributed by atoms with Crippen molar-refractivity contribution in [3.05, 3.63) is 23.8 Å². The summed E-state index contributed by atoms with van der Waals surface area (Å²) in [5.74, 6) is 0.639. The molecule has 4 heteroatoms. The standard InChI is InChI=1S/C13H18O4/c1-13(2,3)17-11-7-6-9(15-4)8-10(11)12(14)16-5/h6-8H,1-5H3. The van der Waals surface area contributed by atoms with Crippen molar-refractivity contribution >= 4 is 5.97 Å². The van der Waals surface area contributed by atoms with Crippen LogP contribution in [0.3, 0.4) is 0 Å². The van der Waals surface area contributed by atoms with E-state index in [1.165, 1.54) is 7.11 Å². The van der Waals surface area contributed by atoms with Crippen LogP contribution in [-0.2, 0) is 4.74 Å². The molecule has 1 rings (SSSR count). The molecule has 1 aromatic carbocycles. The van der Waals surface area contributed by atoms with Crippen LogP contribution in [0.15, 0.2) is 18.2 Å². The van der Waals surface area contributed by atoms with E-state index in [-0.39, 0.29) is 5.60 Å². The van der Waals surface area contributed by atoms with Gasteiger partial charge in [0.05, 0.1) is 14.2 Å². The van der Waals surface area contributed by atoms with Gasteiger partial charge in [-0.3, -0.25) is 0 Å². The Morgan fingerprint density at radius 2 is 1.82 bits per heavy atom. The van der Waals surface area contributed by atoms with Gasteiger partial charge < -0.3 is 14.2 Å². The lowest BCUT2D eigenvalue weighted by atomic mass is 10.1. The molecule has 0 saturated heterocycles. The monoisotopic (exact) mass is 238 g/mol. The van der Waals surface area contributed by atoms with Crippen molar-refractivity contribution in [2.75, 3.05) is 14.2 Å². The van der Waals surface area contributed by atoms with E-state index in [1.54, 1.807) is 25.3 Å². The zero-order valence-electron chi connectivity index (χ0n) is 10.9. The van der Waals surface area contributed by atoms with E-state index in [2.05, 4.69) is 0 Å². The number of esters is 1. The Kier molecular flexibility index (Phi) is 3.99. The third-order valence-electron chi connectivity index (χ3n) is 2.01. The normalized spacial score (nSPS) is 10.9. The highest BCUT2D eigenvalue weighted by Gasteiger charge is 2.19. The van der Waals surface area contributed by atoms with Gasteiger partial charge in [-0.15, -0.1) is 0 Å². The molecule has 0 aliphatic carbocycles. The lowest BCUT2D eigenvalue weighted by molar-refractivity contribution is 0.0585. The van der Waals surface area contributed by atoms with Gasteiger partial charge in [0.1, 0.15) is 22.7 Å². The molecule has 0 aliphatic rings. The molecule has 1 aromatic rings. The number of methoxy groups -OCH3 is 2. The zero-order chi connectivity index (χ0) is 13.1. The molecule has 0 N–H and O–H groups in total. The van der Waals surface area contributed by atoms with Gasteiger partial charge in [0.15, 0.2) is 0 Å². The number of hydrogen-bond donors (Lipinski definition) is 0. The summed E-state index contributed by atoms with van der Waals surface area (Å²) in [6.45, 7) is 5.74. The topological polar surface area (TPSA) is 44.8 Å². The van der Waals surface area contributed by atoms with E-state index in [1.807, 2.05) is 20.8 Å². The van der Waals surface area contributed by atoms with Crippen LogP contribution in [0.2, 0.25) is 0 Å². The summed E-state index contributed by atoms with van der Waals surface area (Å²) in [7, 11) is 2.88. The third-order valence-corrected chi connectivity index (χ3v) is 2.01. The molecule has 0 fully saturated rings. The molecule has 0 aliphatic heterocycles. The number of rotatable bonds is 3. The highest BCUT2D eigenvalue weighted by atomic mass is 16.5. The number of ether oxygens (including phenoxy) is 3. The number of benzene rings is 1. The van der Waals surface area contributed by atoms with E-state index >= 15 is 0 Å². The maximum Gasteiger partial charge on any atom is 0.341 e. The molecule has 0 bridgehead atoms. The van der Waals surface area contributed by atoms with Gasteiger partial charge in [0.25, 0.3) is 0 Å². The summed E-state index contributed by atoms with van der Waals surface area (Å²) in [6.07, 6.45) is 0. The summed E-state index contributed by atoms with van der Waals surface area (Å²) < 4.78 is 15.5. The Bertz CT molecular complexity index is 404. The Morgan fingerprint density at radius 1 is 1.18 bits per heavy atom. The minimum absolute atomic E-state index is 0.363. The molecule has 0 spiro atoms. The van der Waals surface area contributed by atoms with Gasteiger partial charge in [-0.25, -0.2) is 4.79 Å². The molecule has 0 atom stereocenters. The van der Waals surface area contributed by atoms with E-state index in [0.29, 0.717) is 17.1 Å². The Hall–Kier alpha value is -1.71. The van der Waals surface area contributed by atoms with E-state index in [9.17, 15) is 4.79 Å². The van der Waals surface area contributed by atoms with Gasteiger partial charge in [-0.05, 0) is 39.0 Å². The molecule has 0 heterocycles. The fraction of sp³-hybridized carbons (Fsp3) is 0.462. The molecular formula is C13H18O4. The first-order valence-corrected chi connectivity index (χ1v) is 5.33. The number of carbonyl (C=O) groups is 1. The Balaban J connectivity index is 3.15. The molecule has 4 nitrogen and oxygen atoms in total. The van der Waals surface area contributed by atoms with Crippen LogP contribution in [-0.4, -0.2) is 25.8 Å². The molecular weight excluding hydrogens is 220 g/mol. The van der Waals surface area contributed by atoms with Gasteiger partial charge in [0, 0.05) is 0 Å². The van der Waals surface area contributed by atoms with Crippen LogP contribution < -0.4 is 9.47 Å². The molecule has 0 amide bonds. The minimum atomic E-state index is -0.442. The first-order valence-electron chi connectivity index (χ1n) is 5.33. The zero-order valence-corrected chi connectivity index (χ0v) is 10.9. The highest BCUT2D eigenvalue weighted by molar-refractivity contribution is 5.93. The predicted molar refractivity (Wildman–Crippen MR) is 64.7 cm³/mol. The second-order valence-corrected chi connectivity index (χ2v) is 4.57. The van der Waals surface area contributed by atoms with Crippen LogP contribution in [0.1, 0.15) is 31.1 Å². The van der Waals surface area contributed by atoms with Gasteiger partial charge in [-0.1, -0.05) is 0 Å². The highest BCUT2D eigenvalue weighted by Crippen LogP contribution is 2.27. The largest absolute Gasteiger partial charge is 0.497 e. The summed E-state index contributed by atoms with van der Waals surface area (Å²) >= 11 is 0. The fourth-order valence-electron chi connectivity index (χ4n) is 1.32. The fourth-order valence-corrected chi connectivity index (χ4v) is 1.32. The quantitative estimate of drug-likeness (QED) is 0.759. The summed E-state index contributed by atoms with van der Waals surface area (Å²) in [4.78, 5) is 11.6. The summed E-state index contributed by atoms with van der Waals surface area (Å²) in [5, 5.41) is 0. The van der Waals surface area contributed by atoms with Crippen LogP contribution >= 0.6 is 0 Å². The lowest BCUT2D eigenvalue weighted by Gasteiger charge is -2.22. The van der Waals surface area contributed by atoms with Crippen molar-refractivity contribution < 1.29 is 19.0 Å². The van der Waals surface area contributed by atoms with Crippen molar-refractivity contribution in [3.63, 3.8) is 0 Å². The maximum absolute atomic E-state index is 11.6. The molecule has 0 radical (unpaired) electrons. The average molecular weight is 238 g/mol.